The van der Waals surface area contributed by atoms with E-state index < -0.39 is 0 Å². The van der Waals surface area contributed by atoms with Crippen molar-refractivity contribution < 1.29 is 0 Å². The summed E-state index contributed by atoms with van der Waals surface area (Å²) >= 11 is 5.49. The minimum Gasteiger partial charge on any atom is -0.366 e. The van der Waals surface area contributed by atoms with Gasteiger partial charge in [0.25, 0.3) is 0 Å². The lowest BCUT2D eigenvalue weighted by Gasteiger charge is -1.92. The molecule has 0 aliphatic carbocycles. The molecule has 0 bridgehead atoms. The van der Waals surface area contributed by atoms with E-state index in [1.54, 1.807) is 6.92 Å². The molecule has 1 rings (SSSR count). The molecule has 0 aliphatic heterocycles. The van der Waals surface area contributed by atoms with Crippen LogP contribution in [-0.4, -0.2) is 15.2 Å². The van der Waals surface area contributed by atoms with Crippen LogP contribution in [0.1, 0.15) is 19.5 Å². The Morgan fingerprint density at radius 1 is 1.27 bits per heavy atom. The van der Waals surface area contributed by atoms with Crippen LogP contribution in [0.3, 0.4) is 0 Å². The summed E-state index contributed by atoms with van der Waals surface area (Å²) in [6.45, 7) is 5.72. The van der Waals surface area contributed by atoms with E-state index in [0.717, 1.165) is 0 Å². The van der Waals surface area contributed by atoms with E-state index in [9.17, 15) is 0 Å². The molecule has 2 N–H and O–H groups in total. The minimum absolute atomic E-state index is 0.150. The monoisotopic (exact) mass is 174 g/mol. The molecule has 0 aromatic carbocycles. The van der Waals surface area contributed by atoms with E-state index in [1.807, 2.05) is 13.8 Å². The smallest absolute Gasteiger partial charge is 0.240 e. The largest absolute Gasteiger partial charge is 0.366 e. The number of halogens is 1. The quantitative estimate of drug-likeness (QED) is 0.647. The van der Waals surface area contributed by atoms with Crippen molar-refractivity contribution in [3.8, 4) is 0 Å². The lowest BCUT2D eigenvalue weighted by atomic mass is 10.5. The topological polar surface area (TPSA) is 64.7 Å². The van der Waals surface area contributed by atoms with Crippen LogP contribution in [0.5, 0.6) is 0 Å². The Morgan fingerprint density at radius 3 is 2.18 bits per heavy atom. The van der Waals surface area contributed by atoms with Gasteiger partial charge in [0.05, 0.1) is 5.69 Å². The van der Waals surface area contributed by atoms with Gasteiger partial charge in [-0.2, -0.15) is 0 Å². The Bertz CT molecular complexity index is 226. The number of hydrogen-bond donors (Lipinski definition) is 1. The van der Waals surface area contributed by atoms with Gasteiger partial charge in [-0.05, 0) is 6.92 Å². The van der Waals surface area contributed by atoms with Gasteiger partial charge in [-0.1, -0.05) is 25.4 Å². The predicted molar refractivity (Wildman–Crippen MR) is 45.3 cm³/mol. The highest BCUT2D eigenvalue weighted by molar-refractivity contribution is 6.29. The second kappa shape index (κ2) is 4.85. The molecule has 11 heavy (non-hydrogen) atoms. The van der Waals surface area contributed by atoms with Crippen molar-refractivity contribution >= 4 is 17.5 Å². The Morgan fingerprint density at radius 2 is 1.82 bits per heavy atom. The van der Waals surface area contributed by atoms with E-state index in [1.165, 1.54) is 0 Å². The third kappa shape index (κ3) is 3.13. The first-order valence-corrected chi connectivity index (χ1v) is 3.70. The molecule has 0 atom stereocenters. The standard InChI is InChI=1S/C4H5ClN4.C2H6/c1-2-3(5)8-9-4(6)7-2;1-2/h1H3,(H2,6,7,9);1-2H3. The molecule has 0 aliphatic rings. The summed E-state index contributed by atoms with van der Waals surface area (Å²) in [5, 5.41) is 7.23. The number of nitrogens with two attached hydrogens (primary N) is 1. The van der Waals surface area contributed by atoms with Gasteiger partial charge in [0, 0.05) is 0 Å². The first-order valence-electron chi connectivity index (χ1n) is 3.32. The molecule has 1 heterocycles. The van der Waals surface area contributed by atoms with E-state index in [0.29, 0.717) is 10.8 Å². The molecule has 62 valence electrons. The summed E-state index contributed by atoms with van der Waals surface area (Å²) < 4.78 is 0. The fraction of sp³-hybridized carbons (Fsp3) is 0.500. The van der Waals surface area contributed by atoms with Crippen LogP contribution in [0, 0.1) is 6.92 Å². The van der Waals surface area contributed by atoms with E-state index in [-0.39, 0.29) is 5.95 Å². The Kier molecular flexibility index (Phi) is 4.45. The SMILES string of the molecule is CC.Cc1nc(N)nnc1Cl. The van der Waals surface area contributed by atoms with Crippen LogP contribution in [0.25, 0.3) is 0 Å². The second-order valence-corrected chi connectivity index (χ2v) is 1.90. The van der Waals surface area contributed by atoms with Crippen molar-refractivity contribution in [2.45, 2.75) is 20.8 Å². The van der Waals surface area contributed by atoms with Crippen molar-refractivity contribution in [3.63, 3.8) is 0 Å². The van der Waals surface area contributed by atoms with Gasteiger partial charge < -0.3 is 5.73 Å². The molecule has 0 saturated carbocycles. The Labute approximate surface area is 70.8 Å². The summed E-state index contributed by atoms with van der Waals surface area (Å²) in [5.74, 6) is 0.150. The summed E-state index contributed by atoms with van der Waals surface area (Å²) in [6, 6.07) is 0. The van der Waals surface area contributed by atoms with Crippen molar-refractivity contribution in [3.05, 3.63) is 10.8 Å². The normalized spacial score (nSPS) is 8.36. The fourth-order valence-electron chi connectivity index (χ4n) is 0.408. The zero-order chi connectivity index (χ0) is 8.85. The molecule has 0 radical (unpaired) electrons. The van der Waals surface area contributed by atoms with Crippen molar-refractivity contribution in [2.24, 2.45) is 0 Å². The van der Waals surface area contributed by atoms with Gasteiger partial charge in [-0.15, -0.1) is 10.2 Å². The van der Waals surface area contributed by atoms with Crippen molar-refractivity contribution in [1.82, 2.24) is 15.2 Å². The molecule has 1 aromatic heterocycles. The molecule has 0 fully saturated rings. The molecule has 4 nitrogen and oxygen atoms in total. The van der Waals surface area contributed by atoms with Crippen LogP contribution in [-0.2, 0) is 0 Å². The highest BCUT2D eigenvalue weighted by Crippen LogP contribution is 2.06. The van der Waals surface area contributed by atoms with E-state index in [2.05, 4.69) is 15.2 Å². The molecular formula is C6H11ClN4. The summed E-state index contributed by atoms with van der Waals surface area (Å²) in [6.07, 6.45) is 0. The van der Waals surface area contributed by atoms with Crippen LogP contribution in [0.15, 0.2) is 0 Å². The zero-order valence-electron chi connectivity index (χ0n) is 6.80. The summed E-state index contributed by atoms with van der Waals surface area (Å²) in [7, 11) is 0. The summed E-state index contributed by atoms with van der Waals surface area (Å²) in [4.78, 5) is 3.75. The zero-order valence-corrected chi connectivity index (χ0v) is 7.55. The molecule has 5 heteroatoms. The van der Waals surface area contributed by atoms with Gasteiger partial charge in [-0.25, -0.2) is 4.98 Å². The van der Waals surface area contributed by atoms with Crippen LogP contribution in [0.4, 0.5) is 5.95 Å². The third-order valence-electron chi connectivity index (χ3n) is 0.821. The average molecular weight is 175 g/mol. The maximum atomic E-state index is 5.49. The van der Waals surface area contributed by atoms with Gasteiger partial charge >= 0.3 is 0 Å². The van der Waals surface area contributed by atoms with Gasteiger partial charge in [0.2, 0.25) is 5.95 Å². The molecule has 1 aromatic rings. The molecule has 0 spiro atoms. The van der Waals surface area contributed by atoms with Crippen LogP contribution >= 0.6 is 11.6 Å². The minimum atomic E-state index is 0.150. The Balaban J connectivity index is 0.000000461. The van der Waals surface area contributed by atoms with E-state index in [4.69, 9.17) is 17.3 Å². The first-order chi connectivity index (χ1) is 5.20. The highest BCUT2D eigenvalue weighted by atomic mass is 35.5. The lowest BCUT2D eigenvalue weighted by Crippen LogP contribution is -1.99. The number of nitrogen functional groups attached to an aromatic ring is 1. The number of anilines is 1. The lowest BCUT2D eigenvalue weighted by molar-refractivity contribution is 0.956. The highest BCUT2D eigenvalue weighted by Gasteiger charge is 1.96. The number of hydrogen-bond acceptors (Lipinski definition) is 4. The van der Waals surface area contributed by atoms with E-state index >= 15 is 0 Å². The third-order valence-corrected chi connectivity index (χ3v) is 1.17. The second-order valence-electron chi connectivity index (χ2n) is 1.55. The van der Waals surface area contributed by atoms with Crippen molar-refractivity contribution in [2.75, 3.05) is 5.73 Å². The maximum Gasteiger partial charge on any atom is 0.240 e. The molecule has 0 saturated heterocycles. The first kappa shape index (κ1) is 10.1. The molecular weight excluding hydrogens is 164 g/mol. The van der Waals surface area contributed by atoms with Crippen LogP contribution in [0.2, 0.25) is 5.15 Å². The average Bonchev–Trinajstić information content (AvgIpc) is 2.02. The maximum absolute atomic E-state index is 5.49. The number of nitrogens with zero attached hydrogens (tertiary/aromatic N) is 3. The fourth-order valence-corrected chi connectivity index (χ4v) is 0.488. The Hall–Kier alpha value is -0.900. The number of aromatic nitrogens is 3. The predicted octanol–water partition coefficient (Wildman–Crippen LogP) is 1.44. The summed E-state index contributed by atoms with van der Waals surface area (Å²) in [5.41, 5.74) is 5.79. The van der Waals surface area contributed by atoms with Gasteiger partial charge in [-0.3, -0.25) is 0 Å². The van der Waals surface area contributed by atoms with Gasteiger partial charge in [0.15, 0.2) is 5.15 Å². The number of rotatable bonds is 0. The molecule has 0 unspecified atom stereocenters. The van der Waals surface area contributed by atoms with Gasteiger partial charge in [0.1, 0.15) is 0 Å². The van der Waals surface area contributed by atoms with Crippen molar-refractivity contribution in [1.29, 1.82) is 0 Å². The van der Waals surface area contributed by atoms with Crippen LogP contribution < -0.4 is 5.73 Å². The number of aryl methyl sites for hydroxylation is 1. The molecule has 0 amide bonds.